The van der Waals surface area contributed by atoms with Gasteiger partial charge in [-0.2, -0.15) is 0 Å². The van der Waals surface area contributed by atoms with Gasteiger partial charge in [-0.1, -0.05) is 42.1 Å². The van der Waals surface area contributed by atoms with Crippen LogP contribution in [0.1, 0.15) is 32.2 Å². The SMILES string of the molecule is Cn1c(CNC(=O)OC(C)(C)C)nnc1SCC(=O)NCc1ccccc1. The largest absolute Gasteiger partial charge is 0.444 e. The van der Waals surface area contributed by atoms with Crippen molar-refractivity contribution in [3.05, 3.63) is 41.7 Å². The summed E-state index contributed by atoms with van der Waals surface area (Å²) < 4.78 is 6.93. The van der Waals surface area contributed by atoms with E-state index < -0.39 is 11.7 Å². The third-order valence-corrected chi connectivity index (χ3v) is 4.40. The molecule has 0 saturated carbocycles. The molecular formula is C18H25N5O3S. The van der Waals surface area contributed by atoms with Crippen LogP contribution in [0.2, 0.25) is 0 Å². The Labute approximate surface area is 163 Å². The first kappa shape index (κ1) is 20.8. The van der Waals surface area contributed by atoms with E-state index in [0.29, 0.717) is 17.5 Å². The zero-order chi connectivity index (χ0) is 19.9. The van der Waals surface area contributed by atoms with E-state index in [1.807, 2.05) is 30.3 Å². The minimum Gasteiger partial charge on any atom is -0.444 e. The number of benzene rings is 1. The molecule has 8 nitrogen and oxygen atoms in total. The predicted octanol–water partition coefficient (Wildman–Crippen LogP) is 2.25. The number of nitrogens with zero attached hydrogens (tertiary/aromatic N) is 3. The first-order chi connectivity index (χ1) is 12.7. The fraction of sp³-hybridized carbons (Fsp3) is 0.444. The Balaban J connectivity index is 1.77. The topological polar surface area (TPSA) is 98.1 Å². The molecule has 0 atom stereocenters. The average Bonchev–Trinajstić information content (AvgIpc) is 2.96. The van der Waals surface area contributed by atoms with Crippen LogP contribution in [0.25, 0.3) is 0 Å². The molecule has 0 aliphatic heterocycles. The number of amides is 2. The molecule has 1 aromatic carbocycles. The van der Waals surface area contributed by atoms with Gasteiger partial charge < -0.3 is 19.9 Å². The number of thioether (sulfide) groups is 1. The highest BCUT2D eigenvalue weighted by Gasteiger charge is 2.17. The molecule has 0 aliphatic rings. The molecule has 2 rings (SSSR count). The van der Waals surface area contributed by atoms with E-state index in [2.05, 4.69) is 20.8 Å². The first-order valence-corrected chi connectivity index (χ1v) is 9.51. The Morgan fingerprint density at radius 3 is 2.48 bits per heavy atom. The first-order valence-electron chi connectivity index (χ1n) is 8.53. The number of carbonyl (C=O) groups excluding carboxylic acids is 2. The Bertz CT molecular complexity index is 771. The summed E-state index contributed by atoms with van der Waals surface area (Å²) in [6, 6.07) is 9.72. The van der Waals surface area contributed by atoms with Gasteiger partial charge in [-0.05, 0) is 26.3 Å². The van der Waals surface area contributed by atoms with Crippen LogP contribution in [0, 0.1) is 0 Å². The third-order valence-electron chi connectivity index (χ3n) is 3.38. The summed E-state index contributed by atoms with van der Waals surface area (Å²) in [7, 11) is 1.79. The van der Waals surface area contributed by atoms with E-state index in [1.165, 1.54) is 11.8 Å². The summed E-state index contributed by atoms with van der Waals surface area (Å²) in [5, 5.41) is 14.2. The molecule has 2 amide bonds. The molecule has 27 heavy (non-hydrogen) atoms. The van der Waals surface area contributed by atoms with E-state index in [4.69, 9.17) is 4.74 Å². The molecule has 1 aromatic heterocycles. The van der Waals surface area contributed by atoms with Gasteiger partial charge in [0, 0.05) is 13.6 Å². The summed E-state index contributed by atoms with van der Waals surface area (Å²) in [5.41, 5.74) is 0.489. The van der Waals surface area contributed by atoms with Crippen LogP contribution in [0.3, 0.4) is 0 Å². The van der Waals surface area contributed by atoms with Crippen LogP contribution >= 0.6 is 11.8 Å². The molecular weight excluding hydrogens is 366 g/mol. The van der Waals surface area contributed by atoms with Crippen molar-refractivity contribution in [3.63, 3.8) is 0 Å². The Hall–Kier alpha value is -2.55. The maximum Gasteiger partial charge on any atom is 0.408 e. The van der Waals surface area contributed by atoms with Crippen molar-refractivity contribution in [2.45, 2.75) is 44.6 Å². The highest BCUT2D eigenvalue weighted by Crippen LogP contribution is 2.15. The highest BCUT2D eigenvalue weighted by atomic mass is 32.2. The second-order valence-corrected chi connectivity index (χ2v) is 7.81. The second-order valence-electron chi connectivity index (χ2n) is 6.86. The van der Waals surface area contributed by atoms with Crippen molar-refractivity contribution in [2.24, 2.45) is 7.05 Å². The smallest absolute Gasteiger partial charge is 0.408 e. The van der Waals surface area contributed by atoms with Crippen LogP contribution in [-0.4, -0.2) is 38.1 Å². The number of hydrogen-bond donors (Lipinski definition) is 2. The summed E-state index contributed by atoms with van der Waals surface area (Å²) in [6.45, 7) is 6.08. The van der Waals surface area contributed by atoms with Crippen LogP contribution in [0.4, 0.5) is 4.79 Å². The lowest BCUT2D eigenvalue weighted by molar-refractivity contribution is -0.118. The van der Waals surface area contributed by atoms with Crippen LogP contribution in [-0.2, 0) is 29.7 Å². The summed E-state index contributed by atoms with van der Waals surface area (Å²) in [6.07, 6.45) is -0.514. The molecule has 146 valence electrons. The van der Waals surface area contributed by atoms with E-state index in [0.717, 1.165) is 5.56 Å². The lowest BCUT2D eigenvalue weighted by Gasteiger charge is -2.19. The Kier molecular flexibility index (Phi) is 7.23. The van der Waals surface area contributed by atoms with Gasteiger partial charge in [0.05, 0.1) is 12.3 Å². The van der Waals surface area contributed by atoms with Gasteiger partial charge in [-0.25, -0.2) is 4.79 Å². The molecule has 0 saturated heterocycles. The number of ether oxygens (including phenoxy) is 1. The molecule has 2 N–H and O–H groups in total. The van der Waals surface area contributed by atoms with Gasteiger partial charge in [0.15, 0.2) is 11.0 Å². The van der Waals surface area contributed by atoms with Crippen molar-refractivity contribution in [3.8, 4) is 0 Å². The summed E-state index contributed by atoms with van der Waals surface area (Å²) in [5.74, 6) is 0.728. The average molecular weight is 391 g/mol. The van der Waals surface area contributed by atoms with Gasteiger partial charge in [-0.3, -0.25) is 4.79 Å². The van der Waals surface area contributed by atoms with E-state index in [1.54, 1.807) is 32.4 Å². The van der Waals surface area contributed by atoms with Gasteiger partial charge in [0.25, 0.3) is 0 Å². The standard InChI is InChI=1S/C18H25N5O3S/c1-18(2,3)26-17(25)20-11-14-21-22-16(23(14)4)27-12-15(24)19-10-13-8-6-5-7-9-13/h5-9H,10-12H2,1-4H3,(H,19,24)(H,20,25). The van der Waals surface area contributed by atoms with Crippen molar-refractivity contribution in [2.75, 3.05) is 5.75 Å². The van der Waals surface area contributed by atoms with E-state index in [9.17, 15) is 9.59 Å². The predicted molar refractivity (Wildman–Crippen MR) is 103 cm³/mol. The quantitative estimate of drug-likeness (QED) is 0.703. The molecule has 0 unspecified atom stereocenters. The number of alkyl carbamates (subject to hydrolysis) is 1. The molecule has 0 fully saturated rings. The molecule has 0 radical (unpaired) electrons. The van der Waals surface area contributed by atoms with Gasteiger partial charge in [0.1, 0.15) is 5.60 Å². The molecule has 0 spiro atoms. The van der Waals surface area contributed by atoms with Gasteiger partial charge >= 0.3 is 6.09 Å². The zero-order valence-electron chi connectivity index (χ0n) is 16.0. The maximum absolute atomic E-state index is 12.0. The molecule has 1 heterocycles. The third kappa shape index (κ3) is 7.30. The lowest BCUT2D eigenvalue weighted by atomic mass is 10.2. The van der Waals surface area contributed by atoms with Crippen molar-refractivity contribution in [1.82, 2.24) is 25.4 Å². The fourth-order valence-corrected chi connectivity index (χ4v) is 2.83. The summed E-state index contributed by atoms with van der Waals surface area (Å²) in [4.78, 5) is 23.7. The molecule has 0 bridgehead atoms. The monoisotopic (exact) mass is 391 g/mol. The minimum absolute atomic E-state index is 0.0831. The molecule has 2 aromatic rings. The Morgan fingerprint density at radius 2 is 1.81 bits per heavy atom. The fourth-order valence-electron chi connectivity index (χ4n) is 2.07. The van der Waals surface area contributed by atoms with E-state index >= 15 is 0 Å². The molecule has 9 heteroatoms. The number of aromatic nitrogens is 3. The Morgan fingerprint density at radius 1 is 1.11 bits per heavy atom. The van der Waals surface area contributed by atoms with Crippen molar-refractivity contribution in [1.29, 1.82) is 0 Å². The highest BCUT2D eigenvalue weighted by molar-refractivity contribution is 7.99. The molecule has 0 aliphatic carbocycles. The van der Waals surface area contributed by atoms with Crippen molar-refractivity contribution >= 4 is 23.8 Å². The second kappa shape index (κ2) is 9.40. The zero-order valence-corrected chi connectivity index (χ0v) is 16.8. The van der Waals surface area contributed by atoms with Gasteiger partial charge in [-0.15, -0.1) is 10.2 Å². The van der Waals surface area contributed by atoms with Crippen LogP contribution < -0.4 is 10.6 Å². The maximum atomic E-state index is 12.0. The number of rotatable bonds is 7. The normalized spacial score (nSPS) is 11.1. The van der Waals surface area contributed by atoms with Crippen LogP contribution in [0.15, 0.2) is 35.5 Å². The summed E-state index contributed by atoms with van der Waals surface area (Å²) >= 11 is 1.29. The van der Waals surface area contributed by atoms with Gasteiger partial charge in [0.2, 0.25) is 5.91 Å². The van der Waals surface area contributed by atoms with Crippen molar-refractivity contribution < 1.29 is 14.3 Å². The van der Waals surface area contributed by atoms with E-state index in [-0.39, 0.29) is 18.2 Å². The lowest BCUT2D eigenvalue weighted by Crippen LogP contribution is -2.32. The number of nitrogens with one attached hydrogen (secondary N) is 2. The number of hydrogen-bond acceptors (Lipinski definition) is 6. The van der Waals surface area contributed by atoms with Crippen LogP contribution in [0.5, 0.6) is 0 Å². The number of carbonyl (C=O) groups is 2. The minimum atomic E-state index is -0.557.